The molecule has 196 valence electrons. The van der Waals surface area contributed by atoms with E-state index in [-0.39, 0.29) is 5.91 Å². The number of rotatable bonds is 11. The van der Waals surface area contributed by atoms with Crippen molar-refractivity contribution >= 4 is 23.2 Å². The van der Waals surface area contributed by atoms with Crippen LogP contribution in [0.3, 0.4) is 0 Å². The Bertz CT molecular complexity index is 1520. The fraction of sp³-hybridized carbons (Fsp3) is 0.167. The number of ether oxygens (including phenoxy) is 1. The van der Waals surface area contributed by atoms with Gasteiger partial charge in [0.25, 0.3) is 5.91 Å². The van der Waals surface area contributed by atoms with E-state index >= 15 is 0 Å². The van der Waals surface area contributed by atoms with Gasteiger partial charge in [-0.15, -0.1) is 0 Å². The Kier molecular flexibility index (Phi) is 8.18. The minimum atomic E-state index is -0.217. The fourth-order valence-electron chi connectivity index (χ4n) is 3.98. The van der Waals surface area contributed by atoms with E-state index in [1.807, 2.05) is 72.5 Å². The maximum atomic E-state index is 13.0. The second-order valence-electron chi connectivity index (χ2n) is 9.00. The molecule has 1 amide bonds. The summed E-state index contributed by atoms with van der Waals surface area (Å²) in [5, 5.41) is 6.24. The second kappa shape index (κ2) is 12.5. The van der Waals surface area contributed by atoms with Crippen LogP contribution in [-0.2, 0) is 6.54 Å². The number of hydrogen-bond donors (Lipinski definition) is 2. The zero-order valence-electron chi connectivity index (χ0n) is 21.6. The van der Waals surface area contributed by atoms with Crippen LogP contribution in [0, 0.1) is 6.92 Å². The third-order valence-corrected chi connectivity index (χ3v) is 6.09. The molecule has 0 unspecified atom stereocenters. The third kappa shape index (κ3) is 7.04. The predicted molar refractivity (Wildman–Crippen MR) is 151 cm³/mol. The Labute approximate surface area is 227 Å². The van der Waals surface area contributed by atoms with Gasteiger partial charge in [-0.3, -0.25) is 9.78 Å². The predicted octanol–water partition coefficient (Wildman–Crippen LogP) is 5.90. The number of aryl methyl sites for hydroxylation is 2. The second-order valence-corrected chi connectivity index (χ2v) is 9.00. The Morgan fingerprint density at radius 2 is 1.92 bits per heavy atom. The standard InChI is InChI=1S/C30H29N7O2/c1-22-9-10-25(19-28(22)36-30-33-13-11-27(35-30)24-7-5-12-31-20-24)34-29(38)23-6-4-8-26(18-23)39-17-3-2-15-37-16-14-32-21-37/h4-14,16,18-21H,2-3,15,17H2,1H3,(H,34,38)(H,33,35,36). The Morgan fingerprint density at radius 1 is 0.974 bits per heavy atom. The van der Waals surface area contributed by atoms with Gasteiger partial charge in [-0.2, -0.15) is 0 Å². The summed E-state index contributed by atoms with van der Waals surface area (Å²) in [7, 11) is 0. The minimum Gasteiger partial charge on any atom is -0.494 e. The number of anilines is 3. The molecule has 0 aliphatic heterocycles. The van der Waals surface area contributed by atoms with Gasteiger partial charge in [-0.1, -0.05) is 12.1 Å². The zero-order chi connectivity index (χ0) is 26.9. The molecular weight excluding hydrogens is 490 g/mol. The first kappa shape index (κ1) is 25.6. The maximum absolute atomic E-state index is 13.0. The van der Waals surface area contributed by atoms with E-state index in [9.17, 15) is 4.79 Å². The molecule has 0 aliphatic carbocycles. The largest absolute Gasteiger partial charge is 0.494 e. The fourth-order valence-corrected chi connectivity index (χ4v) is 3.98. The number of hydrogen-bond acceptors (Lipinski definition) is 7. The SMILES string of the molecule is Cc1ccc(NC(=O)c2cccc(OCCCCn3ccnc3)c2)cc1Nc1nccc(-c2cccnc2)n1. The maximum Gasteiger partial charge on any atom is 0.255 e. The first-order chi connectivity index (χ1) is 19.1. The minimum absolute atomic E-state index is 0.217. The van der Waals surface area contributed by atoms with Crippen molar-refractivity contribution in [3.63, 3.8) is 0 Å². The van der Waals surface area contributed by atoms with Crippen LogP contribution in [0.1, 0.15) is 28.8 Å². The Balaban J connectivity index is 1.19. The monoisotopic (exact) mass is 519 g/mol. The van der Waals surface area contributed by atoms with E-state index in [4.69, 9.17) is 4.74 Å². The van der Waals surface area contributed by atoms with Crippen LogP contribution in [0.2, 0.25) is 0 Å². The average molecular weight is 520 g/mol. The summed E-state index contributed by atoms with van der Waals surface area (Å²) >= 11 is 0. The lowest BCUT2D eigenvalue weighted by Gasteiger charge is -2.13. The molecule has 5 aromatic rings. The summed E-state index contributed by atoms with van der Waals surface area (Å²) in [5.41, 5.74) is 4.64. The van der Waals surface area contributed by atoms with Crippen molar-refractivity contribution in [1.29, 1.82) is 0 Å². The molecule has 0 radical (unpaired) electrons. The highest BCUT2D eigenvalue weighted by Gasteiger charge is 2.10. The van der Waals surface area contributed by atoms with Crippen LogP contribution in [0.4, 0.5) is 17.3 Å². The van der Waals surface area contributed by atoms with Gasteiger partial charge in [0.2, 0.25) is 5.95 Å². The van der Waals surface area contributed by atoms with Crippen molar-refractivity contribution in [1.82, 2.24) is 24.5 Å². The zero-order valence-corrected chi connectivity index (χ0v) is 21.6. The van der Waals surface area contributed by atoms with E-state index in [2.05, 4.69) is 30.6 Å². The van der Waals surface area contributed by atoms with Crippen molar-refractivity contribution in [2.24, 2.45) is 0 Å². The number of nitrogens with one attached hydrogen (secondary N) is 2. The summed E-state index contributed by atoms with van der Waals surface area (Å²) in [6.07, 6.45) is 12.6. The van der Waals surface area contributed by atoms with Gasteiger partial charge < -0.3 is 19.9 Å². The van der Waals surface area contributed by atoms with Crippen molar-refractivity contribution in [3.8, 4) is 17.0 Å². The lowest BCUT2D eigenvalue weighted by Crippen LogP contribution is -2.12. The molecule has 5 rings (SSSR count). The molecule has 0 saturated heterocycles. The molecule has 2 N–H and O–H groups in total. The van der Waals surface area contributed by atoms with Crippen LogP contribution in [0.5, 0.6) is 5.75 Å². The summed E-state index contributed by atoms with van der Waals surface area (Å²) < 4.78 is 7.92. The van der Waals surface area contributed by atoms with Crippen molar-refractivity contribution in [3.05, 3.63) is 109 Å². The highest BCUT2D eigenvalue weighted by molar-refractivity contribution is 6.04. The van der Waals surface area contributed by atoms with Crippen LogP contribution >= 0.6 is 0 Å². The molecule has 0 aliphatic rings. The molecular formula is C30H29N7O2. The molecule has 3 aromatic heterocycles. The van der Waals surface area contributed by atoms with Crippen molar-refractivity contribution in [2.45, 2.75) is 26.3 Å². The lowest BCUT2D eigenvalue weighted by molar-refractivity contribution is 0.102. The number of imidazole rings is 1. The lowest BCUT2D eigenvalue weighted by atomic mass is 10.1. The van der Waals surface area contributed by atoms with Gasteiger partial charge in [0.15, 0.2) is 0 Å². The number of carbonyl (C=O) groups excluding carboxylic acids is 1. The molecule has 0 fully saturated rings. The number of unbranched alkanes of at least 4 members (excludes halogenated alkanes) is 1. The quantitative estimate of drug-likeness (QED) is 0.209. The molecule has 0 spiro atoms. The van der Waals surface area contributed by atoms with Gasteiger partial charge in [0.05, 0.1) is 18.6 Å². The van der Waals surface area contributed by atoms with Crippen LogP contribution in [0.25, 0.3) is 11.3 Å². The van der Waals surface area contributed by atoms with Gasteiger partial charge in [-0.25, -0.2) is 15.0 Å². The van der Waals surface area contributed by atoms with Crippen LogP contribution < -0.4 is 15.4 Å². The molecule has 0 saturated carbocycles. The molecule has 0 bridgehead atoms. The number of pyridine rings is 1. The molecule has 0 atom stereocenters. The number of nitrogens with zero attached hydrogens (tertiary/aromatic N) is 5. The van der Waals surface area contributed by atoms with Gasteiger partial charge in [0, 0.05) is 60.0 Å². The summed E-state index contributed by atoms with van der Waals surface area (Å²) in [4.78, 5) is 30.2. The number of aromatic nitrogens is 5. The Morgan fingerprint density at radius 3 is 2.77 bits per heavy atom. The van der Waals surface area contributed by atoms with E-state index in [0.717, 1.165) is 41.9 Å². The molecule has 3 heterocycles. The van der Waals surface area contributed by atoms with Crippen LogP contribution in [0.15, 0.2) is 98.0 Å². The molecule has 2 aromatic carbocycles. The highest BCUT2D eigenvalue weighted by atomic mass is 16.5. The number of benzene rings is 2. The first-order valence-corrected chi connectivity index (χ1v) is 12.8. The molecule has 9 heteroatoms. The molecule has 9 nitrogen and oxygen atoms in total. The summed E-state index contributed by atoms with van der Waals surface area (Å²) in [6.45, 7) is 3.47. The van der Waals surface area contributed by atoms with E-state index in [1.165, 1.54) is 0 Å². The first-order valence-electron chi connectivity index (χ1n) is 12.8. The van der Waals surface area contributed by atoms with Gasteiger partial charge >= 0.3 is 0 Å². The average Bonchev–Trinajstić information content (AvgIpc) is 3.49. The van der Waals surface area contributed by atoms with Crippen molar-refractivity contribution in [2.75, 3.05) is 17.2 Å². The topological polar surface area (TPSA) is 107 Å². The number of carbonyl (C=O) groups is 1. The number of amides is 1. The van der Waals surface area contributed by atoms with E-state index < -0.39 is 0 Å². The molecule has 39 heavy (non-hydrogen) atoms. The Hall–Kier alpha value is -5.05. The van der Waals surface area contributed by atoms with E-state index in [1.54, 1.807) is 36.9 Å². The van der Waals surface area contributed by atoms with Gasteiger partial charge in [-0.05, 0) is 73.9 Å². The smallest absolute Gasteiger partial charge is 0.255 e. The third-order valence-electron chi connectivity index (χ3n) is 6.09. The summed E-state index contributed by atoms with van der Waals surface area (Å²) in [6, 6.07) is 18.5. The van der Waals surface area contributed by atoms with Crippen LogP contribution in [-0.4, -0.2) is 37.0 Å². The van der Waals surface area contributed by atoms with Gasteiger partial charge in [0.1, 0.15) is 5.75 Å². The normalized spacial score (nSPS) is 10.7. The van der Waals surface area contributed by atoms with Crippen molar-refractivity contribution < 1.29 is 9.53 Å². The highest BCUT2D eigenvalue weighted by Crippen LogP contribution is 2.25. The summed E-state index contributed by atoms with van der Waals surface area (Å²) in [5.74, 6) is 0.908. The van der Waals surface area contributed by atoms with E-state index in [0.29, 0.717) is 29.6 Å².